The van der Waals surface area contributed by atoms with E-state index in [4.69, 9.17) is 4.98 Å². The lowest BCUT2D eigenvalue weighted by Crippen LogP contribution is -2.26. The lowest BCUT2D eigenvalue weighted by atomic mass is 9.78. The monoisotopic (exact) mass is 355 g/mol. The van der Waals surface area contributed by atoms with Crippen molar-refractivity contribution in [3.63, 3.8) is 0 Å². The predicted molar refractivity (Wildman–Crippen MR) is 111 cm³/mol. The van der Waals surface area contributed by atoms with Crippen LogP contribution in [0.3, 0.4) is 0 Å². The van der Waals surface area contributed by atoms with Crippen molar-refractivity contribution in [2.24, 2.45) is 0 Å². The van der Waals surface area contributed by atoms with Crippen molar-refractivity contribution in [3.8, 4) is 11.3 Å². The van der Waals surface area contributed by atoms with Crippen LogP contribution < -0.4 is 0 Å². The molecule has 0 saturated carbocycles. The van der Waals surface area contributed by atoms with E-state index in [2.05, 4.69) is 97.2 Å². The molecule has 0 bridgehead atoms. The molecule has 0 radical (unpaired) electrons. The lowest BCUT2D eigenvalue weighted by Gasteiger charge is -2.28. The fourth-order valence-electron chi connectivity index (χ4n) is 3.38. The fraction of sp³-hybridized carbons (Fsp3) is 0.125. The van der Waals surface area contributed by atoms with E-state index in [-0.39, 0.29) is 5.41 Å². The fourth-order valence-corrected chi connectivity index (χ4v) is 4.39. The Morgan fingerprint density at radius 3 is 2.00 bits per heavy atom. The molecule has 0 spiro atoms. The molecular formula is C24H21NS. The molecule has 0 aliphatic carbocycles. The Morgan fingerprint density at radius 2 is 1.35 bits per heavy atom. The van der Waals surface area contributed by atoms with Crippen LogP contribution in [-0.4, -0.2) is 4.98 Å². The maximum absolute atomic E-state index is 5.04. The van der Waals surface area contributed by atoms with E-state index in [1.54, 1.807) is 11.3 Å². The summed E-state index contributed by atoms with van der Waals surface area (Å²) in [5.74, 6) is 0. The number of rotatable bonds is 5. The molecule has 1 unspecified atom stereocenters. The molecule has 2 heteroatoms. The zero-order valence-corrected chi connectivity index (χ0v) is 15.6. The second-order valence-corrected chi connectivity index (χ2v) is 7.62. The molecular weight excluding hydrogens is 334 g/mol. The van der Waals surface area contributed by atoms with Gasteiger partial charge in [-0.25, -0.2) is 4.98 Å². The Bertz CT molecular complexity index is 961. The molecule has 1 aromatic heterocycles. The molecule has 0 fully saturated rings. The highest BCUT2D eigenvalue weighted by molar-refractivity contribution is 7.10. The summed E-state index contributed by atoms with van der Waals surface area (Å²) >= 11 is 1.75. The number of benzene rings is 3. The third-order valence-corrected chi connectivity index (χ3v) is 5.96. The van der Waals surface area contributed by atoms with Gasteiger partial charge in [-0.05, 0) is 24.5 Å². The number of nitrogens with zero attached hydrogens (tertiary/aromatic N) is 1. The van der Waals surface area contributed by atoms with E-state index >= 15 is 0 Å². The Hall–Kier alpha value is -2.71. The zero-order valence-electron chi connectivity index (χ0n) is 14.8. The third kappa shape index (κ3) is 3.33. The van der Waals surface area contributed by atoms with E-state index in [9.17, 15) is 0 Å². The van der Waals surface area contributed by atoms with Crippen LogP contribution in [-0.2, 0) is 11.8 Å². The van der Waals surface area contributed by atoms with Crippen molar-refractivity contribution in [1.82, 2.24) is 4.98 Å². The van der Waals surface area contributed by atoms with Crippen LogP contribution >= 0.6 is 11.3 Å². The summed E-state index contributed by atoms with van der Waals surface area (Å²) in [6, 6.07) is 31.8. The molecule has 26 heavy (non-hydrogen) atoms. The van der Waals surface area contributed by atoms with Gasteiger partial charge in [0.05, 0.1) is 5.69 Å². The van der Waals surface area contributed by atoms with Gasteiger partial charge >= 0.3 is 0 Å². The molecule has 0 amide bonds. The van der Waals surface area contributed by atoms with Crippen LogP contribution in [0.15, 0.2) is 96.4 Å². The first-order chi connectivity index (χ1) is 12.8. The van der Waals surface area contributed by atoms with E-state index in [1.165, 1.54) is 16.7 Å². The zero-order chi connectivity index (χ0) is 17.8. The summed E-state index contributed by atoms with van der Waals surface area (Å²) < 4.78 is 0. The summed E-state index contributed by atoms with van der Waals surface area (Å²) in [6.45, 7) is 2.31. The van der Waals surface area contributed by atoms with Gasteiger partial charge in [0.1, 0.15) is 5.01 Å². The Kier molecular flexibility index (Phi) is 4.68. The average Bonchev–Trinajstić information content (AvgIpc) is 3.21. The molecule has 3 aromatic carbocycles. The van der Waals surface area contributed by atoms with E-state index in [0.717, 1.165) is 17.1 Å². The van der Waals surface area contributed by atoms with Crippen molar-refractivity contribution in [2.75, 3.05) is 0 Å². The summed E-state index contributed by atoms with van der Waals surface area (Å²) in [4.78, 5) is 5.04. The average molecular weight is 356 g/mol. The Balaban J connectivity index is 1.78. The lowest BCUT2D eigenvalue weighted by molar-refractivity contribution is 0.564. The van der Waals surface area contributed by atoms with Crippen LogP contribution in [0.1, 0.15) is 23.1 Å². The van der Waals surface area contributed by atoms with E-state index in [0.29, 0.717) is 0 Å². The molecule has 4 aromatic rings. The van der Waals surface area contributed by atoms with Crippen molar-refractivity contribution < 1.29 is 0 Å². The van der Waals surface area contributed by atoms with Gasteiger partial charge in [0.25, 0.3) is 0 Å². The standard InChI is InChI=1S/C24H21NS/c1-24(21-15-9-4-10-16-21,17-19-11-5-2-6-12-19)23-25-22(18-26-23)20-13-7-3-8-14-20/h2-16,18H,17H2,1H3. The van der Waals surface area contributed by atoms with Gasteiger partial charge in [-0.2, -0.15) is 0 Å². The highest BCUT2D eigenvalue weighted by Gasteiger charge is 2.32. The smallest absolute Gasteiger partial charge is 0.104 e. The first-order valence-electron chi connectivity index (χ1n) is 8.86. The quantitative estimate of drug-likeness (QED) is 0.406. The summed E-state index contributed by atoms with van der Waals surface area (Å²) in [7, 11) is 0. The van der Waals surface area contributed by atoms with Crippen molar-refractivity contribution >= 4 is 11.3 Å². The number of hydrogen-bond acceptors (Lipinski definition) is 2. The predicted octanol–water partition coefficient (Wildman–Crippen LogP) is 6.36. The summed E-state index contributed by atoms with van der Waals surface area (Å²) in [5.41, 5.74) is 4.71. The SMILES string of the molecule is CC(Cc1ccccc1)(c1ccccc1)c1nc(-c2ccccc2)cs1. The van der Waals surface area contributed by atoms with E-state index < -0.39 is 0 Å². The van der Waals surface area contributed by atoms with Gasteiger partial charge in [0.15, 0.2) is 0 Å². The highest BCUT2D eigenvalue weighted by Crippen LogP contribution is 2.38. The minimum Gasteiger partial charge on any atom is -0.240 e. The van der Waals surface area contributed by atoms with Crippen LogP contribution in [0, 0.1) is 0 Å². The molecule has 128 valence electrons. The van der Waals surface area contributed by atoms with Gasteiger partial charge in [0, 0.05) is 16.4 Å². The number of thiazole rings is 1. The third-order valence-electron chi connectivity index (χ3n) is 4.86. The Morgan fingerprint density at radius 1 is 0.769 bits per heavy atom. The van der Waals surface area contributed by atoms with Crippen molar-refractivity contribution in [1.29, 1.82) is 0 Å². The van der Waals surface area contributed by atoms with Gasteiger partial charge in [0.2, 0.25) is 0 Å². The Labute approximate surface area is 159 Å². The van der Waals surface area contributed by atoms with Crippen LogP contribution in [0.5, 0.6) is 0 Å². The topological polar surface area (TPSA) is 12.9 Å². The van der Waals surface area contributed by atoms with E-state index in [1.807, 2.05) is 6.07 Å². The molecule has 1 heterocycles. The molecule has 0 N–H and O–H groups in total. The molecule has 0 saturated heterocycles. The second-order valence-electron chi connectivity index (χ2n) is 6.76. The highest BCUT2D eigenvalue weighted by atomic mass is 32.1. The first kappa shape index (κ1) is 16.7. The van der Waals surface area contributed by atoms with Gasteiger partial charge in [-0.3, -0.25) is 0 Å². The molecule has 1 nitrogen and oxygen atoms in total. The van der Waals surface area contributed by atoms with Gasteiger partial charge < -0.3 is 0 Å². The van der Waals surface area contributed by atoms with Crippen LogP contribution in [0.4, 0.5) is 0 Å². The summed E-state index contributed by atoms with van der Waals surface area (Å²) in [5, 5.41) is 3.34. The minimum absolute atomic E-state index is 0.152. The maximum atomic E-state index is 5.04. The van der Waals surface area contributed by atoms with Gasteiger partial charge in [-0.15, -0.1) is 11.3 Å². The minimum atomic E-state index is -0.152. The first-order valence-corrected chi connectivity index (χ1v) is 9.74. The number of aromatic nitrogens is 1. The largest absolute Gasteiger partial charge is 0.240 e. The second kappa shape index (κ2) is 7.27. The molecule has 0 aliphatic heterocycles. The van der Waals surface area contributed by atoms with Crippen LogP contribution in [0.2, 0.25) is 0 Å². The summed E-state index contributed by atoms with van der Waals surface area (Å²) in [6.07, 6.45) is 0.930. The van der Waals surface area contributed by atoms with Gasteiger partial charge in [-0.1, -0.05) is 91.0 Å². The normalized spacial score (nSPS) is 13.3. The molecule has 4 rings (SSSR count). The molecule has 1 atom stereocenters. The van der Waals surface area contributed by atoms with Crippen molar-refractivity contribution in [2.45, 2.75) is 18.8 Å². The maximum Gasteiger partial charge on any atom is 0.104 e. The number of hydrogen-bond donors (Lipinski definition) is 0. The molecule has 0 aliphatic rings. The van der Waals surface area contributed by atoms with Crippen molar-refractivity contribution in [3.05, 3.63) is 113 Å². The van der Waals surface area contributed by atoms with Crippen LogP contribution in [0.25, 0.3) is 11.3 Å².